The van der Waals surface area contributed by atoms with Gasteiger partial charge in [-0.2, -0.15) is 0 Å². The minimum absolute atomic E-state index is 0.495. The molecule has 0 spiro atoms. The van der Waals surface area contributed by atoms with Crippen LogP contribution in [0.5, 0.6) is 0 Å². The van der Waals surface area contributed by atoms with E-state index in [0.29, 0.717) is 4.90 Å². The summed E-state index contributed by atoms with van der Waals surface area (Å²) < 4.78 is 0. The van der Waals surface area contributed by atoms with Gasteiger partial charge in [0.05, 0.1) is 0 Å². The molecule has 0 aromatic heterocycles. The first-order chi connectivity index (χ1) is 4.04. The summed E-state index contributed by atoms with van der Waals surface area (Å²) in [7, 11) is 4.00. The fourth-order valence-corrected chi connectivity index (χ4v) is 1.60. The van der Waals surface area contributed by atoms with Gasteiger partial charge in [0.1, 0.15) is 0 Å². The predicted molar refractivity (Wildman–Crippen MR) is 51.8 cm³/mol. The highest BCUT2D eigenvalue weighted by atomic mass is 31.1. The van der Waals surface area contributed by atoms with E-state index < -0.39 is 0 Å². The van der Waals surface area contributed by atoms with Crippen LogP contribution >= 0.6 is 17.8 Å². The molecule has 0 aliphatic carbocycles. The van der Waals surface area contributed by atoms with Crippen molar-refractivity contribution in [3.05, 3.63) is 0 Å². The molecule has 0 heterocycles. The van der Waals surface area contributed by atoms with Gasteiger partial charge in [-0.3, -0.25) is 0 Å². The topological polar surface area (TPSA) is 0 Å². The Morgan fingerprint density at radius 3 is 2.22 bits per heavy atom. The van der Waals surface area contributed by atoms with Gasteiger partial charge in [-0.15, -0.1) is 17.8 Å². The van der Waals surface area contributed by atoms with Crippen molar-refractivity contribution in [1.29, 1.82) is 0 Å². The second-order valence-electron chi connectivity index (χ2n) is 2.84. The van der Waals surface area contributed by atoms with Crippen LogP contribution in [0.15, 0.2) is 0 Å². The minimum atomic E-state index is 0.495. The van der Waals surface area contributed by atoms with Crippen LogP contribution in [-0.2, 0) is 0 Å². The smallest absolute Gasteiger partial charge is 0.00160 e. The molecule has 0 radical (unpaired) electrons. The van der Waals surface area contributed by atoms with Crippen molar-refractivity contribution in [3.8, 4) is 0 Å². The summed E-state index contributed by atoms with van der Waals surface area (Å²) in [5.41, 5.74) is 0. The van der Waals surface area contributed by atoms with Crippen LogP contribution in [-0.4, -0.2) is 11.6 Å². The van der Waals surface area contributed by atoms with Gasteiger partial charge in [-0.1, -0.05) is 27.2 Å². The molecule has 0 rings (SSSR count). The van der Waals surface area contributed by atoms with E-state index in [2.05, 4.69) is 36.7 Å². The zero-order valence-electron chi connectivity index (χ0n) is 6.86. The van der Waals surface area contributed by atoms with E-state index in [1.807, 2.05) is 0 Å². The molecule has 0 bridgehead atoms. The molecule has 56 valence electrons. The van der Waals surface area contributed by atoms with Crippen molar-refractivity contribution < 1.29 is 0 Å². The van der Waals surface area contributed by atoms with Crippen molar-refractivity contribution in [2.75, 3.05) is 6.66 Å². The van der Waals surface area contributed by atoms with E-state index in [9.17, 15) is 0 Å². The van der Waals surface area contributed by atoms with Crippen LogP contribution in [0.3, 0.4) is 0 Å². The molecular weight excluding hydrogens is 146 g/mol. The highest BCUT2D eigenvalue weighted by Gasteiger charge is 2.21. The molecule has 0 aliphatic heterocycles. The molecule has 9 heavy (non-hydrogen) atoms. The third-order valence-corrected chi connectivity index (χ3v) is 5.18. The van der Waals surface area contributed by atoms with Gasteiger partial charge in [0.15, 0.2) is 0 Å². The number of hydrogen-bond donors (Lipinski definition) is 0. The highest BCUT2D eigenvalue weighted by molar-refractivity contribution is 7.51. The molecule has 4 unspecified atom stereocenters. The molecule has 0 aromatic rings. The van der Waals surface area contributed by atoms with Crippen molar-refractivity contribution in [2.24, 2.45) is 5.92 Å². The molecule has 0 aliphatic rings. The molecule has 0 saturated heterocycles. The summed E-state index contributed by atoms with van der Waals surface area (Å²) in [5, 5.41) is 0. The molecule has 4 atom stereocenters. The highest BCUT2D eigenvalue weighted by Crippen LogP contribution is 2.42. The maximum Gasteiger partial charge on any atom is 0.00160 e. The lowest BCUT2D eigenvalue weighted by atomic mass is 10.1. The van der Waals surface area contributed by atoms with Crippen LogP contribution in [0.25, 0.3) is 0 Å². The van der Waals surface area contributed by atoms with Gasteiger partial charge in [-0.05, 0) is 12.6 Å². The molecule has 2 heteroatoms. The van der Waals surface area contributed by atoms with Gasteiger partial charge in [-0.25, -0.2) is 0 Å². The Morgan fingerprint density at radius 1 is 1.67 bits per heavy atom. The average Bonchev–Trinajstić information content (AvgIpc) is 1.86. The molecule has 0 nitrogen and oxygen atoms in total. The Kier molecular flexibility index (Phi) is 4.26. The number of hydrogen-bond acceptors (Lipinski definition) is 0. The predicted octanol–water partition coefficient (Wildman–Crippen LogP) is 2.93. The fraction of sp³-hybridized carbons (Fsp3) is 1.00. The SMILES string of the molecule is CCC(C)C(C)(P)PC. The van der Waals surface area contributed by atoms with E-state index in [4.69, 9.17) is 0 Å². The molecule has 0 N–H and O–H groups in total. The molecule has 0 aromatic carbocycles. The van der Waals surface area contributed by atoms with E-state index >= 15 is 0 Å². The lowest BCUT2D eigenvalue weighted by Gasteiger charge is -2.29. The summed E-state index contributed by atoms with van der Waals surface area (Å²) in [6, 6.07) is 0. The average molecular weight is 164 g/mol. The zero-order chi connectivity index (χ0) is 7.49. The summed E-state index contributed by atoms with van der Waals surface area (Å²) in [6.45, 7) is 9.18. The van der Waals surface area contributed by atoms with E-state index in [-0.39, 0.29) is 0 Å². The quantitative estimate of drug-likeness (QED) is 0.562. The molecule has 0 amide bonds. The third kappa shape index (κ3) is 2.96. The zero-order valence-corrected chi connectivity index (χ0v) is 9.02. The lowest BCUT2D eigenvalue weighted by Crippen LogP contribution is -2.18. The summed E-state index contributed by atoms with van der Waals surface area (Å²) >= 11 is 0. The minimum Gasteiger partial charge on any atom is -0.127 e. The maximum atomic E-state index is 2.96. The van der Waals surface area contributed by atoms with Gasteiger partial charge >= 0.3 is 0 Å². The summed E-state index contributed by atoms with van der Waals surface area (Å²) in [4.78, 5) is 0.495. The van der Waals surface area contributed by atoms with Crippen LogP contribution in [0, 0.1) is 5.92 Å². The summed E-state index contributed by atoms with van der Waals surface area (Å²) in [5.74, 6) is 0.839. The van der Waals surface area contributed by atoms with Gasteiger partial charge in [0, 0.05) is 4.90 Å². The van der Waals surface area contributed by atoms with Crippen LogP contribution in [0.1, 0.15) is 27.2 Å². The van der Waals surface area contributed by atoms with Crippen LogP contribution in [0.2, 0.25) is 0 Å². The fourth-order valence-electron chi connectivity index (χ4n) is 0.670. The van der Waals surface area contributed by atoms with Crippen molar-refractivity contribution in [3.63, 3.8) is 0 Å². The molecular formula is C7H18P2. The first kappa shape index (κ1) is 9.86. The second-order valence-corrected chi connectivity index (χ2v) is 6.20. The van der Waals surface area contributed by atoms with Crippen LogP contribution < -0.4 is 0 Å². The van der Waals surface area contributed by atoms with Crippen LogP contribution in [0.4, 0.5) is 0 Å². The van der Waals surface area contributed by atoms with Gasteiger partial charge < -0.3 is 0 Å². The van der Waals surface area contributed by atoms with Crippen molar-refractivity contribution in [2.45, 2.75) is 32.1 Å². The first-order valence-corrected chi connectivity index (χ1v) is 5.60. The van der Waals surface area contributed by atoms with Crippen molar-refractivity contribution in [1.82, 2.24) is 0 Å². The first-order valence-electron chi connectivity index (χ1n) is 3.52. The monoisotopic (exact) mass is 164 g/mol. The van der Waals surface area contributed by atoms with Crippen molar-refractivity contribution >= 4 is 17.8 Å². The Balaban J connectivity index is 3.80. The Hall–Kier alpha value is 0.860. The van der Waals surface area contributed by atoms with E-state index in [1.54, 1.807) is 0 Å². The number of rotatable bonds is 3. The molecule has 0 fully saturated rings. The van der Waals surface area contributed by atoms with Gasteiger partial charge in [0.25, 0.3) is 0 Å². The van der Waals surface area contributed by atoms with Gasteiger partial charge in [0.2, 0.25) is 0 Å². The standard InChI is InChI=1S/C7H18P2/c1-5-6(2)7(3,8)9-4/h6,9H,5,8H2,1-4H3. The lowest BCUT2D eigenvalue weighted by molar-refractivity contribution is 0.525. The third-order valence-electron chi connectivity index (χ3n) is 2.17. The normalized spacial score (nSPS) is 22.3. The van der Waals surface area contributed by atoms with E-state index in [0.717, 1.165) is 14.5 Å². The van der Waals surface area contributed by atoms with E-state index in [1.165, 1.54) is 6.42 Å². The molecule has 0 saturated carbocycles. The Morgan fingerprint density at radius 2 is 2.11 bits per heavy atom. The summed E-state index contributed by atoms with van der Waals surface area (Å²) in [6.07, 6.45) is 1.29. The second kappa shape index (κ2) is 3.89. The maximum absolute atomic E-state index is 2.96. The Labute approximate surface area is 63.2 Å². The largest absolute Gasteiger partial charge is 0.127 e. The Bertz CT molecular complexity index is 79.0.